The Bertz CT molecular complexity index is 422. The Morgan fingerprint density at radius 2 is 2.05 bits per heavy atom. The van der Waals surface area contributed by atoms with Crippen molar-refractivity contribution < 1.29 is 9.18 Å². The van der Waals surface area contributed by atoms with Crippen LogP contribution in [0.1, 0.15) is 25.8 Å². The summed E-state index contributed by atoms with van der Waals surface area (Å²) in [6.07, 6.45) is 1.38. The molecule has 1 amide bonds. The first-order valence-corrected chi connectivity index (χ1v) is 6.83. The van der Waals surface area contributed by atoms with Crippen LogP contribution >= 0.6 is 0 Å². The molecule has 0 aromatic heterocycles. The largest absolute Gasteiger partial charge is 0.351 e. The van der Waals surface area contributed by atoms with Gasteiger partial charge in [-0.3, -0.25) is 4.79 Å². The second-order valence-corrected chi connectivity index (χ2v) is 5.41. The first-order chi connectivity index (χ1) is 9.06. The van der Waals surface area contributed by atoms with E-state index >= 15 is 0 Å². The van der Waals surface area contributed by atoms with E-state index in [0.717, 1.165) is 18.5 Å². The molecule has 2 N–H and O–H groups in total. The van der Waals surface area contributed by atoms with Crippen molar-refractivity contribution in [2.45, 2.75) is 38.8 Å². The molecule has 104 valence electrons. The molecule has 0 bridgehead atoms. The highest BCUT2D eigenvalue weighted by Crippen LogP contribution is 2.16. The average Bonchev–Trinajstić information content (AvgIpc) is 2.37. The summed E-state index contributed by atoms with van der Waals surface area (Å²) in [5.41, 5.74) is 0.836. The van der Waals surface area contributed by atoms with E-state index in [4.69, 9.17) is 0 Å². The van der Waals surface area contributed by atoms with Crippen molar-refractivity contribution in [3.05, 3.63) is 35.6 Å². The fourth-order valence-corrected chi connectivity index (χ4v) is 2.63. The third kappa shape index (κ3) is 3.77. The second kappa shape index (κ2) is 6.15. The second-order valence-electron chi connectivity index (χ2n) is 5.41. The predicted octanol–water partition coefficient (Wildman–Crippen LogP) is 1.87. The minimum absolute atomic E-state index is 0.000918. The fraction of sp³-hybridized carbons (Fsp3) is 0.533. The molecule has 1 aromatic carbocycles. The van der Waals surface area contributed by atoms with Gasteiger partial charge in [0.25, 0.3) is 0 Å². The number of hydrogen-bond donors (Lipinski definition) is 2. The quantitative estimate of drug-likeness (QED) is 0.875. The van der Waals surface area contributed by atoms with Crippen LogP contribution in [0.25, 0.3) is 0 Å². The van der Waals surface area contributed by atoms with Crippen LogP contribution in [0.2, 0.25) is 0 Å². The zero-order valence-corrected chi connectivity index (χ0v) is 11.4. The van der Waals surface area contributed by atoms with E-state index in [1.54, 1.807) is 12.1 Å². The highest BCUT2D eigenvalue weighted by molar-refractivity contribution is 5.79. The van der Waals surface area contributed by atoms with Crippen LogP contribution in [-0.4, -0.2) is 24.5 Å². The van der Waals surface area contributed by atoms with E-state index < -0.39 is 0 Å². The molecule has 3 unspecified atom stereocenters. The Labute approximate surface area is 113 Å². The first kappa shape index (κ1) is 14.0. The Hall–Kier alpha value is -1.42. The van der Waals surface area contributed by atoms with E-state index in [-0.39, 0.29) is 17.8 Å². The number of hydrogen-bond acceptors (Lipinski definition) is 2. The van der Waals surface area contributed by atoms with Gasteiger partial charge >= 0.3 is 0 Å². The first-order valence-electron chi connectivity index (χ1n) is 6.83. The van der Waals surface area contributed by atoms with Crippen molar-refractivity contribution in [1.29, 1.82) is 0 Å². The molecule has 1 fully saturated rings. The normalized spacial score (nSPS) is 27.0. The van der Waals surface area contributed by atoms with Crippen molar-refractivity contribution in [2.24, 2.45) is 5.92 Å². The molecule has 0 spiro atoms. The fourth-order valence-electron chi connectivity index (χ4n) is 2.63. The topological polar surface area (TPSA) is 41.1 Å². The van der Waals surface area contributed by atoms with Gasteiger partial charge in [0.15, 0.2) is 0 Å². The van der Waals surface area contributed by atoms with E-state index in [0.29, 0.717) is 18.4 Å². The number of carbonyl (C=O) groups excluding carboxylic acids is 1. The molecule has 0 radical (unpaired) electrons. The molecule has 1 aliphatic heterocycles. The number of nitrogens with one attached hydrogen (secondary N) is 2. The van der Waals surface area contributed by atoms with Crippen molar-refractivity contribution in [1.82, 2.24) is 10.6 Å². The molecule has 3 nitrogen and oxygen atoms in total. The Morgan fingerprint density at radius 1 is 1.37 bits per heavy atom. The summed E-state index contributed by atoms with van der Waals surface area (Å²) in [7, 11) is 0. The zero-order valence-electron chi connectivity index (χ0n) is 11.4. The minimum Gasteiger partial charge on any atom is -0.351 e. The van der Waals surface area contributed by atoms with Gasteiger partial charge in [-0.1, -0.05) is 19.1 Å². The van der Waals surface area contributed by atoms with Crippen molar-refractivity contribution in [3.63, 3.8) is 0 Å². The van der Waals surface area contributed by atoms with Crippen molar-refractivity contribution in [3.8, 4) is 0 Å². The molecule has 19 heavy (non-hydrogen) atoms. The Morgan fingerprint density at radius 3 is 2.68 bits per heavy atom. The van der Waals surface area contributed by atoms with Crippen LogP contribution in [0.15, 0.2) is 24.3 Å². The molecule has 4 heteroatoms. The van der Waals surface area contributed by atoms with Gasteiger partial charge in [0.1, 0.15) is 5.82 Å². The lowest BCUT2D eigenvalue weighted by Crippen LogP contribution is -2.56. The molecule has 0 aliphatic carbocycles. The smallest absolute Gasteiger partial charge is 0.224 e. The van der Waals surface area contributed by atoms with Gasteiger partial charge in [-0.15, -0.1) is 0 Å². The van der Waals surface area contributed by atoms with E-state index in [2.05, 4.69) is 24.5 Å². The van der Waals surface area contributed by atoms with Crippen LogP contribution in [-0.2, 0) is 11.2 Å². The maximum atomic E-state index is 12.8. The van der Waals surface area contributed by atoms with Gasteiger partial charge < -0.3 is 10.6 Å². The molecule has 0 saturated carbocycles. The Balaban J connectivity index is 1.91. The van der Waals surface area contributed by atoms with Gasteiger partial charge in [-0.25, -0.2) is 4.39 Å². The third-order valence-corrected chi connectivity index (χ3v) is 3.82. The maximum absolute atomic E-state index is 12.8. The van der Waals surface area contributed by atoms with Gasteiger partial charge in [-0.2, -0.15) is 0 Å². The molecular formula is C15H21FN2O. The average molecular weight is 264 g/mol. The lowest BCUT2D eigenvalue weighted by Gasteiger charge is -2.36. The molecule has 3 atom stereocenters. The zero-order chi connectivity index (χ0) is 13.8. The third-order valence-electron chi connectivity index (χ3n) is 3.82. The number of piperidine rings is 1. The highest BCUT2D eigenvalue weighted by atomic mass is 19.1. The summed E-state index contributed by atoms with van der Waals surface area (Å²) < 4.78 is 12.8. The number of rotatable bonds is 3. The van der Waals surface area contributed by atoms with Crippen molar-refractivity contribution >= 4 is 5.91 Å². The maximum Gasteiger partial charge on any atom is 0.224 e. The van der Waals surface area contributed by atoms with E-state index in [1.807, 2.05) is 0 Å². The van der Waals surface area contributed by atoms with Gasteiger partial charge in [0, 0.05) is 12.1 Å². The number of carbonyl (C=O) groups is 1. The molecule has 1 saturated heterocycles. The van der Waals surface area contributed by atoms with Crippen LogP contribution in [0.4, 0.5) is 4.39 Å². The van der Waals surface area contributed by atoms with Crippen LogP contribution in [0.5, 0.6) is 0 Å². The SMILES string of the molecule is CC1CCNC(C)C1NC(=O)Cc1ccc(F)cc1. The number of halogens is 1. The summed E-state index contributed by atoms with van der Waals surface area (Å²) >= 11 is 0. The van der Waals surface area contributed by atoms with Crippen LogP contribution in [0, 0.1) is 11.7 Å². The summed E-state index contributed by atoms with van der Waals surface area (Å²) in [6.45, 7) is 5.27. The standard InChI is InChI=1S/C15H21FN2O/c1-10-7-8-17-11(2)15(10)18-14(19)9-12-3-5-13(16)6-4-12/h3-6,10-11,15,17H,7-9H2,1-2H3,(H,18,19). The Kier molecular flexibility index (Phi) is 4.53. The number of amides is 1. The summed E-state index contributed by atoms with van der Waals surface area (Å²) in [5.74, 6) is 0.204. The molecule has 1 aliphatic rings. The number of benzene rings is 1. The van der Waals surface area contributed by atoms with Crippen molar-refractivity contribution in [2.75, 3.05) is 6.54 Å². The lowest BCUT2D eigenvalue weighted by molar-refractivity contribution is -0.121. The lowest BCUT2D eigenvalue weighted by atomic mass is 9.89. The molecule has 1 aromatic rings. The van der Waals surface area contributed by atoms with Gasteiger partial charge in [-0.05, 0) is 43.5 Å². The van der Waals surface area contributed by atoms with E-state index in [9.17, 15) is 9.18 Å². The minimum atomic E-state index is -0.275. The van der Waals surface area contributed by atoms with Crippen LogP contribution < -0.4 is 10.6 Å². The predicted molar refractivity (Wildman–Crippen MR) is 73.3 cm³/mol. The van der Waals surface area contributed by atoms with Crippen LogP contribution in [0.3, 0.4) is 0 Å². The van der Waals surface area contributed by atoms with Gasteiger partial charge in [0.05, 0.1) is 6.42 Å². The highest BCUT2D eigenvalue weighted by Gasteiger charge is 2.28. The monoisotopic (exact) mass is 264 g/mol. The summed E-state index contributed by atoms with van der Waals surface area (Å²) in [5, 5.41) is 6.46. The van der Waals surface area contributed by atoms with Gasteiger partial charge in [0.2, 0.25) is 5.91 Å². The molecular weight excluding hydrogens is 243 g/mol. The van der Waals surface area contributed by atoms with E-state index in [1.165, 1.54) is 12.1 Å². The molecule has 2 rings (SSSR count). The summed E-state index contributed by atoms with van der Waals surface area (Å²) in [6, 6.07) is 6.54. The molecule has 1 heterocycles. The summed E-state index contributed by atoms with van der Waals surface area (Å²) in [4.78, 5) is 12.0.